The third-order valence-electron chi connectivity index (χ3n) is 5.16. The van der Waals surface area contributed by atoms with E-state index in [0.29, 0.717) is 6.54 Å². The van der Waals surface area contributed by atoms with Crippen LogP contribution < -0.4 is 5.32 Å². The Morgan fingerprint density at radius 1 is 1.23 bits per heavy atom. The highest BCUT2D eigenvalue weighted by atomic mass is 127. The maximum absolute atomic E-state index is 11.8. The van der Waals surface area contributed by atoms with Crippen molar-refractivity contribution in [3.8, 4) is 0 Å². The highest BCUT2D eigenvalue weighted by Crippen LogP contribution is 2.35. The Kier molecular flexibility index (Phi) is 6.98. The van der Waals surface area contributed by atoms with Gasteiger partial charge in [-0.15, -0.1) is 24.0 Å². The predicted molar refractivity (Wildman–Crippen MR) is 103 cm³/mol. The fraction of sp³-hybridized carbons (Fsp3) is 0.933. The summed E-state index contributed by atoms with van der Waals surface area (Å²) in [6.45, 7) is 6.02. The second-order valence-electron chi connectivity index (χ2n) is 7.14. The molecule has 0 radical (unpaired) electrons. The fourth-order valence-electron chi connectivity index (χ4n) is 3.33. The van der Waals surface area contributed by atoms with Crippen LogP contribution in [0.5, 0.6) is 0 Å². The van der Waals surface area contributed by atoms with Gasteiger partial charge in [-0.25, -0.2) is 8.42 Å². The van der Waals surface area contributed by atoms with E-state index in [0.717, 1.165) is 30.9 Å². The predicted octanol–water partition coefficient (Wildman–Crippen LogP) is 2.13. The Bertz CT molecular complexity index is 491. The molecule has 0 aromatic carbocycles. The van der Waals surface area contributed by atoms with Crippen molar-refractivity contribution in [3.63, 3.8) is 0 Å². The van der Waals surface area contributed by atoms with Gasteiger partial charge in [-0.3, -0.25) is 4.99 Å². The standard InChI is InChI=1S/C15H29N3O2S.HI/c1-15(2,21(4,19)20)11-17-14(16-3)18-9-12-7-5-6-8-13(12)10-18;/h12-13H,5-11H2,1-4H3,(H,16,17);1H. The molecule has 0 bridgehead atoms. The van der Waals surface area contributed by atoms with Gasteiger partial charge in [0.15, 0.2) is 15.8 Å². The largest absolute Gasteiger partial charge is 0.355 e. The van der Waals surface area contributed by atoms with E-state index in [-0.39, 0.29) is 24.0 Å². The molecule has 0 amide bonds. The minimum Gasteiger partial charge on any atom is -0.355 e. The molecule has 22 heavy (non-hydrogen) atoms. The van der Waals surface area contributed by atoms with Gasteiger partial charge in [0, 0.05) is 32.9 Å². The first-order chi connectivity index (χ1) is 9.74. The van der Waals surface area contributed by atoms with Crippen LogP contribution in [-0.2, 0) is 9.84 Å². The van der Waals surface area contributed by atoms with Gasteiger partial charge in [0.05, 0.1) is 4.75 Å². The second-order valence-corrected chi connectivity index (χ2v) is 9.79. The maximum atomic E-state index is 11.8. The Labute approximate surface area is 152 Å². The van der Waals surface area contributed by atoms with Crippen LogP contribution in [0.4, 0.5) is 0 Å². The Balaban J connectivity index is 0.00000242. The van der Waals surface area contributed by atoms with Crippen LogP contribution in [-0.4, -0.2) is 57.0 Å². The first-order valence-corrected chi connectivity index (χ1v) is 9.79. The zero-order valence-electron chi connectivity index (χ0n) is 14.1. The van der Waals surface area contributed by atoms with Crippen molar-refractivity contribution in [2.24, 2.45) is 16.8 Å². The number of hydrogen-bond donors (Lipinski definition) is 1. The molecule has 1 aliphatic carbocycles. The molecular formula is C15H30IN3O2S. The lowest BCUT2D eigenvalue weighted by Crippen LogP contribution is -2.48. The van der Waals surface area contributed by atoms with E-state index in [1.54, 1.807) is 20.9 Å². The molecule has 1 N–H and O–H groups in total. The summed E-state index contributed by atoms with van der Waals surface area (Å²) in [7, 11) is -1.31. The lowest BCUT2D eigenvalue weighted by atomic mass is 9.82. The van der Waals surface area contributed by atoms with Crippen LogP contribution in [0, 0.1) is 11.8 Å². The van der Waals surface area contributed by atoms with Gasteiger partial charge in [0.1, 0.15) is 0 Å². The number of rotatable bonds is 3. The van der Waals surface area contributed by atoms with Gasteiger partial charge in [0.2, 0.25) is 0 Å². The van der Waals surface area contributed by atoms with Gasteiger partial charge in [-0.05, 0) is 38.5 Å². The monoisotopic (exact) mass is 443 g/mol. The number of likely N-dealkylation sites (tertiary alicyclic amines) is 1. The summed E-state index contributed by atoms with van der Waals surface area (Å²) in [5.41, 5.74) is 0. The quantitative estimate of drug-likeness (QED) is 0.413. The second kappa shape index (κ2) is 7.68. The highest BCUT2D eigenvalue weighted by molar-refractivity contribution is 14.0. The number of guanidine groups is 1. The van der Waals surface area contributed by atoms with Crippen LogP contribution in [0.1, 0.15) is 39.5 Å². The van der Waals surface area contributed by atoms with E-state index in [1.165, 1.54) is 31.9 Å². The van der Waals surface area contributed by atoms with Crippen molar-refractivity contribution in [1.82, 2.24) is 10.2 Å². The number of nitrogens with one attached hydrogen (secondary N) is 1. The van der Waals surface area contributed by atoms with Gasteiger partial charge in [0.25, 0.3) is 0 Å². The minimum atomic E-state index is -3.09. The van der Waals surface area contributed by atoms with Crippen LogP contribution in [0.2, 0.25) is 0 Å². The third-order valence-corrected chi connectivity index (χ3v) is 7.32. The highest BCUT2D eigenvalue weighted by Gasteiger charge is 2.36. The molecule has 2 unspecified atom stereocenters. The van der Waals surface area contributed by atoms with Crippen LogP contribution in [0.3, 0.4) is 0 Å². The summed E-state index contributed by atoms with van der Waals surface area (Å²) in [5.74, 6) is 2.43. The molecule has 0 aromatic rings. The van der Waals surface area contributed by atoms with E-state index in [1.807, 2.05) is 0 Å². The van der Waals surface area contributed by atoms with Crippen LogP contribution >= 0.6 is 24.0 Å². The van der Waals surface area contributed by atoms with Crippen molar-refractivity contribution < 1.29 is 8.42 Å². The molecule has 1 saturated heterocycles. The molecule has 2 aliphatic rings. The third kappa shape index (κ3) is 4.49. The smallest absolute Gasteiger partial charge is 0.193 e. The molecule has 130 valence electrons. The molecule has 1 heterocycles. The normalized spacial score (nSPS) is 26.4. The molecule has 5 nitrogen and oxygen atoms in total. The molecule has 2 atom stereocenters. The maximum Gasteiger partial charge on any atom is 0.193 e. The van der Waals surface area contributed by atoms with Crippen LogP contribution in [0.25, 0.3) is 0 Å². The average molecular weight is 443 g/mol. The van der Waals surface area contributed by atoms with Crippen molar-refractivity contribution >= 4 is 39.8 Å². The van der Waals surface area contributed by atoms with Crippen molar-refractivity contribution in [2.45, 2.75) is 44.3 Å². The molecule has 1 aliphatic heterocycles. The first kappa shape index (κ1) is 20.0. The number of hydrogen-bond acceptors (Lipinski definition) is 3. The van der Waals surface area contributed by atoms with Crippen molar-refractivity contribution in [2.75, 3.05) is 32.9 Å². The molecule has 2 rings (SSSR count). The minimum absolute atomic E-state index is 0. The summed E-state index contributed by atoms with van der Waals surface area (Å²) in [4.78, 5) is 6.65. The molecular weight excluding hydrogens is 413 g/mol. The van der Waals surface area contributed by atoms with Crippen molar-refractivity contribution in [3.05, 3.63) is 0 Å². The van der Waals surface area contributed by atoms with Gasteiger partial charge in [-0.2, -0.15) is 0 Å². The van der Waals surface area contributed by atoms with E-state index in [2.05, 4.69) is 15.2 Å². The Morgan fingerprint density at radius 3 is 2.14 bits per heavy atom. The summed E-state index contributed by atoms with van der Waals surface area (Å²) < 4.78 is 22.8. The number of aliphatic imine (C=N–C) groups is 1. The van der Waals surface area contributed by atoms with Crippen LogP contribution in [0.15, 0.2) is 4.99 Å². The molecule has 0 spiro atoms. The lowest BCUT2D eigenvalue weighted by molar-refractivity contribution is 0.299. The number of nitrogens with zero attached hydrogens (tertiary/aromatic N) is 2. The summed E-state index contributed by atoms with van der Waals surface area (Å²) in [5, 5.41) is 3.26. The lowest BCUT2D eigenvalue weighted by Gasteiger charge is -2.27. The molecule has 2 fully saturated rings. The Morgan fingerprint density at radius 2 is 1.73 bits per heavy atom. The zero-order chi connectivity index (χ0) is 15.7. The first-order valence-electron chi connectivity index (χ1n) is 7.90. The van der Waals surface area contributed by atoms with E-state index in [4.69, 9.17) is 0 Å². The zero-order valence-corrected chi connectivity index (χ0v) is 17.3. The SMILES string of the molecule is CN=C(NCC(C)(C)S(C)(=O)=O)N1CC2CCCCC2C1.I. The van der Waals surface area contributed by atoms with E-state index < -0.39 is 14.6 Å². The number of sulfone groups is 1. The molecule has 1 saturated carbocycles. The van der Waals surface area contributed by atoms with E-state index >= 15 is 0 Å². The summed E-state index contributed by atoms with van der Waals surface area (Å²) in [6.07, 6.45) is 6.64. The number of fused-ring (bicyclic) bond motifs is 1. The summed E-state index contributed by atoms with van der Waals surface area (Å²) >= 11 is 0. The van der Waals surface area contributed by atoms with Crippen molar-refractivity contribution in [1.29, 1.82) is 0 Å². The van der Waals surface area contributed by atoms with E-state index in [9.17, 15) is 8.42 Å². The average Bonchev–Trinajstić information content (AvgIpc) is 2.81. The Hall–Kier alpha value is -0.0500. The van der Waals surface area contributed by atoms with Gasteiger partial charge in [-0.1, -0.05) is 12.8 Å². The number of halogens is 1. The fourth-order valence-corrected chi connectivity index (χ4v) is 3.67. The molecule has 7 heteroatoms. The molecule has 0 aromatic heterocycles. The topological polar surface area (TPSA) is 61.8 Å². The summed E-state index contributed by atoms with van der Waals surface area (Å²) in [6, 6.07) is 0. The van der Waals surface area contributed by atoms with Gasteiger partial charge < -0.3 is 10.2 Å². The van der Waals surface area contributed by atoms with Gasteiger partial charge >= 0.3 is 0 Å².